The normalized spacial score (nSPS) is 21.6. The van der Waals surface area contributed by atoms with Crippen LogP contribution in [0, 0.1) is 0 Å². The standard InChI is InChI=1S/C15H19NO4/c17-10-12-3-1-6-16(12)15(18)11-4-5-13-14(9-11)20-8-2-7-19-13/h4-5,9,12,17H,1-3,6-8,10H2/t12-/m0/s1. The van der Waals surface area contributed by atoms with Gasteiger partial charge in [0.25, 0.3) is 5.91 Å². The molecule has 1 aromatic rings. The molecule has 20 heavy (non-hydrogen) atoms. The number of ether oxygens (including phenoxy) is 2. The highest BCUT2D eigenvalue weighted by Crippen LogP contribution is 2.31. The number of aliphatic hydroxyl groups is 1. The Morgan fingerprint density at radius 3 is 2.85 bits per heavy atom. The molecule has 0 bridgehead atoms. The zero-order valence-electron chi connectivity index (χ0n) is 11.4. The van der Waals surface area contributed by atoms with Crippen LogP contribution < -0.4 is 9.47 Å². The highest BCUT2D eigenvalue weighted by molar-refractivity contribution is 5.95. The van der Waals surface area contributed by atoms with Gasteiger partial charge in [0.15, 0.2) is 11.5 Å². The third-order valence-corrected chi connectivity index (χ3v) is 3.84. The zero-order chi connectivity index (χ0) is 13.9. The largest absolute Gasteiger partial charge is 0.490 e. The number of aliphatic hydroxyl groups excluding tert-OH is 1. The lowest BCUT2D eigenvalue weighted by atomic mass is 10.1. The molecule has 1 aromatic carbocycles. The summed E-state index contributed by atoms with van der Waals surface area (Å²) in [6, 6.07) is 5.24. The highest BCUT2D eigenvalue weighted by Gasteiger charge is 2.29. The summed E-state index contributed by atoms with van der Waals surface area (Å²) in [4.78, 5) is 14.3. The molecule has 0 saturated carbocycles. The zero-order valence-corrected chi connectivity index (χ0v) is 11.4. The number of likely N-dealkylation sites (tertiary alicyclic amines) is 1. The number of nitrogens with zero attached hydrogens (tertiary/aromatic N) is 1. The molecule has 1 N–H and O–H groups in total. The van der Waals surface area contributed by atoms with Crippen molar-refractivity contribution in [1.29, 1.82) is 0 Å². The van der Waals surface area contributed by atoms with Crippen LogP contribution in [0.25, 0.3) is 0 Å². The van der Waals surface area contributed by atoms with Gasteiger partial charge in [-0.1, -0.05) is 0 Å². The van der Waals surface area contributed by atoms with Crippen molar-refractivity contribution < 1.29 is 19.4 Å². The third-order valence-electron chi connectivity index (χ3n) is 3.84. The van der Waals surface area contributed by atoms with E-state index in [1.807, 2.05) is 0 Å². The number of amides is 1. The van der Waals surface area contributed by atoms with Crippen LogP contribution >= 0.6 is 0 Å². The molecule has 3 rings (SSSR count). The predicted octanol–water partition coefficient (Wildman–Crippen LogP) is 1.44. The van der Waals surface area contributed by atoms with Gasteiger partial charge in [-0.05, 0) is 31.0 Å². The first-order valence-corrected chi connectivity index (χ1v) is 7.11. The Bertz CT molecular complexity index is 503. The van der Waals surface area contributed by atoms with E-state index in [9.17, 15) is 9.90 Å². The summed E-state index contributed by atoms with van der Waals surface area (Å²) >= 11 is 0. The van der Waals surface area contributed by atoms with E-state index >= 15 is 0 Å². The molecule has 2 aliphatic heterocycles. The molecule has 1 amide bonds. The minimum Gasteiger partial charge on any atom is -0.490 e. The quantitative estimate of drug-likeness (QED) is 0.888. The second-order valence-electron chi connectivity index (χ2n) is 5.19. The lowest BCUT2D eigenvalue weighted by Crippen LogP contribution is -2.37. The van der Waals surface area contributed by atoms with E-state index in [1.54, 1.807) is 23.1 Å². The number of hydrogen-bond donors (Lipinski definition) is 1. The van der Waals surface area contributed by atoms with E-state index in [1.165, 1.54) is 0 Å². The van der Waals surface area contributed by atoms with Crippen LogP contribution in [0.5, 0.6) is 11.5 Å². The van der Waals surface area contributed by atoms with E-state index in [0.29, 0.717) is 36.8 Å². The van der Waals surface area contributed by atoms with Gasteiger partial charge in [0.05, 0.1) is 25.9 Å². The van der Waals surface area contributed by atoms with Crippen LogP contribution in [0.2, 0.25) is 0 Å². The monoisotopic (exact) mass is 277 g/mol. The molecular formula is C15H19NO4. The van der Waals surface area contributed by atoms with Gasteiger partial charge in [-0.2, -0.15) is 0 Å². The van der Waals surface area contributed by atoms with Gasteiger partial charge in [0.2, 0.25) is 0 Å². The molecule has 0 radical (unpaired) electrons. The Morgan fingerprint density at radius 1 is 1.25 bits per heavy atom. The second-order valence-corrected chi connectivity index (χ2v) is 5.19. The van der Waals surface area contributed by atoms with E-state index < -0.39 is 0 Å². The lowest BCUT2D eigenvalue weighted by Gasteiger charge is -2.23. The van der Waals surface area contributed by atoms with Crippen molar-refractivity contribution in [3.05, 3.63) is 23.8 Å². The molecule has 0 spiro atoms. The Hall–Kier alpha value is -1.75. The number of fused-ring (bicyclic) bond motifs is 1. The fourth-order valence-corrected chi connectivity index (χ4v) is 2.76. The van der Waals surface area contributed by atoms with Gasteiger partial charge in [-0.15, -0.1) is 0 Å². The first kappa shape index (κ1) is 13.2. The maximum Gasteiger partial charge on any atom is 0.254 e. The molecule has 2 aliphatic rings. The van der Waals surface area contributed by atoms with Gasteiger partial charge in [0.1, 0.15) is 0 Å². The molecule has 1 fully saturated rings. The minimum atomic E-state index is -0.0570. The van der Waals surface area contributed by atoms with E-state index in [2.05, 4.69) is 0 Å². The molecule has 0 aromatic heterocycles. The van der Waals surface area contributed by atoms with Gasteiger partial charge >= 0.3 is 0 Å². The average Bonchev–Trinajstić information content (AvgIpc) is 2.83. The predicted molar refractivity (Wildman–Crippen MR) is 73.2 cm³/mol. The van der Waals surface area contributed by atoms with E-state index in [0.717, 1.165) is 19.3 Å². The van der Waals surface area contributed by atoms with Crippen molar-refractivity contribution >= 4 is 5.91 Å². The van der Waals surface area contributed by atoms with Crippen LogP contribution in [-0.2, 0) is 0 Å². The van der Waals surface area contributed by atoms with Gasteiger partial charge < -0.3 is 19.5 Å². The van der Waals surface area contributed by atoms with E-state index in [-0.39, 0.29) is 18.6 Å². The number of rotatable bonds is 2. The molecule has 0 unspecified atom stereocenters. The number of hydrogen-bond acceptors (Lipinski definition) is 4. The molecule has 5 heteroatoms. The summed E-state index contributed by atoms with van der Waals surface area (Å²) in [5.41, 5.74) is 0.592. The maximum absolute atomic E-state index is 12.5. The first-order valence-electron chi connectivity index (χ1n) is 7.11. The molecule has 1 atom stereocenters. The fraction of sp³-hybridized carbons (Fsp3) is 0.533. The van der Waals surface area contributed by atoms with Gasteiger partial charge in [0, 0.05) is 18.5 Å². The van der Waals surface area contributed by atoms with Crippen LogP contribution in [0.1, 0.15) is 29.6 Å². The second kappa shape index (κ2) is 5.71. The lowest BCUT2D eigenvalue weighted by molar-refractivity contribution is 0.0677. The smallest absolute Gasteiger partial charge is 0.254 e. The molecule has 5 nitrogen and oxygen atoms in total. The summed E-state index contributed by atoms with van der Waals surface area (Å²) < 4.78 is 11.2. The molecule has 0 aliphatic carbocycles. The average molecular weight is 277 g/mol. The van der Waals surface area contributed by atoms with Crippen molar-refractivity contribution in [1.82, 2.24) is 4.90 Å². The van der Waals surface area contributed by atoms with Crippen LogP contribution in [0.3, 0.4) is 0 Å². The van der Waals surface area contributed by atoms with Gasteiger partial charge in [-0.25, -0.2) is 0 Å². The maximum atomic E-state index is 12.5. The molecular weight excluding hydrogens is 258 g/mol. The third kappa shape index (κ3) is 2.45. The summed E-state index contributed by atoms with van der Waals surface area (Å²) in [5.74, 6) is 1.28. The Labute approximate surface area is 118 Å². The Kier molecular flexibility index (Phi) is 3.78. The van der Waals surface area contributed by atoms with Crippen LogP contribution in [0.15, 0.2) is 18.2 Å². The summed E-state index contributed by atoms with van der Waals surface area (Å²) in [6.07, 6.45) is 2.66. The Balaban J connectivity index is 1.83. The molecule has 108 valence electrons. The summed E-state index contributed by atoms with van der Waals surface area (Å²) in [5, 5.41) is 9.32. The van der Waals surface area contributed by atoms with Gasteiger partial charge in [-0.3, -0.25) is 4.79 Å². The summed E-state index contributed by atoms with van der Waals surface area (Å²) in [6.45, 7) is 1.97. The Morgan fingerprint density at radius 2 is 2.05 bits per heavy atom. The molecule has 2 heterocycles. The van der Waals surface area contributed by atoms with Crippen molar-refractivity contribution in [2.24, 2.45) is 0 Å². The van der Waals surface area contributed by atoms with Crippen LogP contribution in [0.4, 0.5) is 0 Å². The SMILES string of the molecule is O=C(c1ccc2c(c1)OCCCO2)N1CCC[C@H]1CO. The van der Waals surface area contributed by atoms with Crippen molar-refractivity contribution in [2.75, 3.05) is 26.4 Å². The van der Waals surface area contributed by atoms with Crippen LogP contribution in [-0.4, -0.2) is 48.3 Å². The summed E-state index contributed by atoms with van der Waals surface area (Å²) in [7, 11) is 0. The first-order chi connectivity index (χ1) is 9.79. The highest BCUT2D eigenvalue weighted by atomic mass is 16.5. The minimum absolute atomic E-state index is 0.0241. The molecule has 1 saturated heterocycles. The number of carbonyl (C=O) groups excluding carboxylic acids is 1. The number of carbonyl (C=O) groups is 1. The van der Waals surface area contributed by atoms with E-state index in [4.69, 9.17) is 9.47 Å². The number of benzene rings is 1. The topological polar surface area (TPSA) is 59.0 Å². The fourth-order valence-electron chi connectivity index (χ4n) is 2.76. The van der Waals surface area contributed by atoms with Crippen molar-refractivity contribution in [3.63, 3.8) is 0 Å². The van der Waals surface area contributed by atoms with Crippen molar-refractivity contribution in [2.45, 2.75) is 25.3 Å². The van der Waals surface area contributed by atoms with Crippen molar-refractivity contribution in [3.8, 4) is 11.5 Å².